The summed E-state index contributed by atoms with van der Waals surface area (Å²) in [6, 6.07) is 4.98. The van der Waals surface area contributed by atoms with E-state index in [1.165, 1.54) is 0 Å². The third-order valence-corrected chi connectivity index (χ3v) is 2.47. The number of halogens is 2. The van der Waals surface area contributed by atoms with Crippen molar-refractivity contribution in [2.75, 3.05) is 6.79 Å². The molecule has 0 radical (unpaired) electrons. The highest BCUT2D eigenvalue weighted by Crippen LogP contribution is 2.33. The Morgan fingerprint density at radius 3 is 2.86 bits per heavy atom. The van der Waals surface area contributed by atoms with Crippen LogP contribution < -0.4 is 9.47 Å². The number of fused-ring (bicyclic) bond motifs is 1. The average Bonchev–Trinajstić information content (AvgIpc) is 2.62. The van der Waals surface area contributed by atoms with E-state index < -0.39 is 4.29 Å². The predicted molar refractivity (Wildman–Crippen MR) is 55.5 cm³/mol. The van der Waals surface area contributed by atoms with Crippen LogP contribution in [0.2, 0.25) is 0 Å². The van der Waals surface area contributed by atoms with Gasteiger partial charge in [-0.05, 0) is 18.2 Å². The first-order valence-corrected chi connectivity index (χ1v) is 5.25. The van der Waals surface area contributed by atoms with Crippen LogP contribution in [-0.4, -0.2) is 16.9 Å². The van der Waals surface area contributed by atoms with Gasteiger partial charge >= 0.3 is 0 Å². The number of carbonyl (C=O) groups is 1. The summed E-state index contributed by atoms with van der Waals surface area (Å²) in [6.07, 6.45) is 0. The Kier molecular flexibility index (Phi) is 2.65. The quantitative estimate of drug-likeness (QED) is 0.615. The lowest BCUT2D eigenvalue weighted by Crippen LogP contribution is -2.07. The van der Waals surface area contributed by atoms with E-state index in [0.29, 0.717) is 17.1 Å². The second-order valence-corrected chi connectivity index (χ2v) is 4.61. The molecule has 0 saturated carbocycles. The molecule has 1 aromatic rings. The van der Waals surface area contributed by atoms with Crippen molar-refractivity contribution in [3.8, 4) is 11.5 Å². The molecule has 0 N–H and O–H groups in total. The highest BCUT2D eigenvalue weighted by Gasteiger charge is 2.19. The van der Waals surface area contributed by atoms with Gasteiger partial charge in [0.05, 0.1) is 0 Å². The van der Waals surface area contributed by atoms with Crippen LogP contribution in [0.3, 0.4) is 0 Å². The van der Waals surface area contributed by atoms with E-state index in [0.717, 1.165) is 0 Å². The van der Waals surface area contributed by atoms with Crippen molar-refractivity contribution in [2.24, 2.45) is 0 Å². The third kappa shape index (κ3) is 1.72. The lowest BCUT2D eigenvalue weighted by molar-refractivity contribution is 0.101. The van der Waals surface area contributed by atoms with Crippen LogP contribution in [0.15, 0.2) is 18.2 Å². The van der Waals surface area contributed by atoms with Crippen LogP contribution in [0.25, 0.3) is 0 Å². The summed E-state index contributed by atoms with van der Waals surface area (Å²) >= 11 is 8.61. The lowest BCUT2D eigenvalue weighted by Gasteiger charge is -2.02. The highest BCUT2D eigenvalue weighted by atomic mass is 79.9. The van der Waals surface area contributed by atoms with E-state index in [4.69, 9.17) is 21.1 Å². The van der Waals surface area contributed by atoms with Gasteiger partial charge in [-0.2, -0.15) is 0 Å². The predicted octanol–water partition coefficient (Wildman–Crippen LogP) is 2.56. The summed E-state index contributed by atoms with van der Waals surface area (Å²) in [4.78, 5) is 11.5. The van der Waals surface area contributed by atoms with E-state index in [2.05, 4.69) is 15.9 Å². The molecule has 0 bridgehead atoms. The fourth-order valence-corrected chi connectivity index (χ4v) is 1.57. The molecule has 1 aliphatic heterocycles. The Bertz CT molecular complexity index is 378. The van der Waals surface area contributed by atoms with Crippen molar-refractivity contribution in [3.63, 3.8) is 0 Å². The Hall–Kier alpha value is -0.740. The third-order valence-electron chi connectivity index (χ3n) is 1.86. The molecule has 74 valence electrons. The second-order valence-electron chi connectivity index (χ2n) is 2.73. The molecule has 0 saturated heterocycles. The van der Waals surface area contributed by atoms with Crippen molar-refractivity contribution in [1.29, 1.82) is 0 Å². The molecule has 0 fully saturated rings. The number of Topliss-reactive ketones (excluding diaryl/α,β-unsaturated/α-hetero) is 1. The topological polar surface area (TPSA) is 35.5 Å². The molecular formula is C9H6BrClO3. The molecule has 1 atom stereocenters. The van der Waals surface area contributed by atoms with E-state index in [9.17, 15) is 4.79 Å². The number of benzene rings is 1. The van der Waals surface area contributed by atoms with Crippen molar-refractivity contribution in [2.45, 2.75) is 4.29 Å². The fraction of sp³-hybridized carbons (Fsp3) is 0.222. The van der Waals surface area contributed by atoms with Crippen LogP contribution in [0.1, 0.15) is 10.4 Å². The maximum Gasteiger partial charge on any atom is 0.231 e. The van der Waals surface area contributed by atoms with Crippen molar-refractivity contribution < 1.29 is 14.3 Å². The molecule has 2 rings (SSSR count). The highest BCUT2D eigenvalue weighted by molar-refractivity contribution is 9.10. The molecule has 1 unspecified atom stereocenters. The molecule has 0 spiro atoms. The summed E-state index contributed by atoms with van der Waals surface area (Å²) in [5.41, 5.74) is 0.506. The number of ether oxygens (including phenoxy) is 2. The first kappa shape index (κ1) is 9.80. The van der Waals surface area contributed by atoms with Crippen molar-refractivity contribution in [1.82, 2.24) is 0 Å². The van der Waals surface area contributed by atoms with Crippen LogP contribution in [0, 0.1) is 0 Å². The summed E-state index contributed by atoms with van der Waals surface area (Å²) < 4.78 is 9.55. The summed E-state index contributed by atoms with van der Waals surface area (Å²) in [5.74, 6) is 1.05. The molecule has 14 heavy (non-hydrogen) atoms. The minimum absolute atomic E-state index is 0.190. The van der Waals surface area contributed by atoms with Crippen LogP contribution in [0.5, 0.6) is 11.5 Å². The van der Waals surface area contributed by atoms with Gasteiger partial charge < -0.3 is 9.47 Å². The molecule has 5 heteroatoms. The number of rotatable bonds is 2. The van der Waals surface area contributed by atoms with Crippen LogP contribution in [-0.2, 0) is 0 Å². The summed E-state index contributed by atoms with van der Waals surface area (Å²) in [7, 11) is 0. The zero-order valence-electron chi connectivity index (χ0n) is 7.00. The smallest absolute Gasteiger partial charge is 0.231 e. The maximum absolute atomic E-state index is 11.5. The minimum Gasteiger partial charge on any atom is -0.454 e. The van der Waals surface area contributed by atoms with Crippen molar-refractivity contribution in [3.05, 3.63) is 23.8 Å². The Labute approximate surface area is 94.1 Å². The van der Waals surface area contributed by atoms with Gasteiger partial charge in [-0.25, -0.2) is 0 Å². The molecule has 3 nitrogen and oxygen atoms in total. The fourth-order valence-electron chi connectivity index (χ4n) is 1.18. The molecular weight excluding hydrogens is 271 g/mol. The summed E-state index contributed by atoms with van der Waals surface area (Å²) in [6.45, 7) is 0.200. The van der Waals surface area contributed by atoms with Gasteiger partial charge in [0.25, 0.3) is 0 Å². The number of hydrogen-bond acceptors (Lipinski definition) is 3. The van der Waals surface area contributed by atoms with Crippen LogP contribution >= 0.6 is 27.5 Å². The van der Waals surface area contributed by atoms with Gasteiger partial charge in [-0.3, -0.25) is 4.79 Å². The van der Waals surface area contributed by atoms with E-state index in [-0.39, 0.29) is 12.6 Å². The number of hydrogen-bond donors (Lipinski definition) is 0. The standard InChI is InChI=1S/C9H6BrClO3/c10-9(11)8(12)5-1-2-6-7(3-5)14-4-13-6/h1-3,9H,4H2. The Morgan fingerprint density at radius 2 is 2.14 bits per heavy atom. The molecule has 0 amide bonds. The monoisotopic (exact) mass is 276 g/mol. The maximum atomic E-state index is 11.5. The zero-order valence-corrected chi connectivity index (χ0v) is 9.34. The molecule has 1 aromatic carbocycles. The van der Waals surface area contributed by atoms with E-state index >= 15 is 0 Å². The summed E-state index contributed by atoms with van der Waals surface area (Å²) in [5, 5.41) is 0. The molecule has 0 aromatic heterocycles. The van der Waals surface area contributed by atoms with Gasteiger partial charge in [-0.1, -0.05) is 15.9 Å². The first-order valence-electron chi connectivity index (χ1n) is 3.90. The normalized spacial score (nSPS) is 15.3. The van der Waals surface area contributed by atoms with Gasteiger partial charge in [0.1, 0.15) is 0 Å². The van der Waals surface area contributed by atoms with E-state index in [1.54, 1.807) is 18.2 Å². The number of alkyl halides is 2. The molecule has 0 aliphatic carbocycles. The number of carbonyl (C=O) groups excluding carboxylic acids is 1. The molecule has 1 aliphatic rings. The first-order chi connectivity index (χ1) is 6.68. The zero-order chi connectivity index (χ0) is 10.1. The van der Waals surface area contributed by atoms with Gasteiger partial charge in [0.2, 0.25) is 6.79 Å². The minimum atomic E-state index is -0.706. The average molecular weight is 278 g/mol. The van der Waals surface area contributed by atoms with Gasteiger partial charge in [0.15, 0.2) is 21.6 Å². The van der Waals surface area contributed by atoms with Crippen LogP contribution in [0.4, 0.5) is 0 Å². The Balaban J connectivity index is 2.33. The van der Waals surface area contributed by atoms with Gasteiger partial charge in [0, 0.05) is 5.56 Å². The lowest BCUT2D eigenvalue weighted by atomic mass is 10.1. The SMILES string of the molecule is O=C(c1ccc2c(c1)OCO2)C(Cl)Br. The van der Waals surface area contributed by atoms with E-state index in [1.807, 2.05) is 0 Å². The van der Waals surface area contributed by atoms with Gasteiger partial charge in [-0.15, -0.1) is 11.6 Å². The van der Waals surface area contributed by atoms with Crippen molar-refractivity contribution >= 4 is 33.3 Å². The second kappa shape index (κ2) is 3.79. The number of ketones is 1. The molecule has 1 heterocycles. The Morgan fingerprint density at radius 1 is 1.43 bits per heavy atom. The largest absolute Gasteiger partial charge is 0.454 e.